The standard InChI is InChI=1S/C8H3BrF3N3O2/c9-4-2-13-6-3(7(16)17)1-14-15(6)5(4)8(10,11)12/h1-2H,(H,16,17). The third-order valence-corrected chi connectivity index (χ3v) is 2.56. The van der Waals surface area contributed by atoms with Crippen molar-refractivity contribution in [2.45, 2.75) is 6.18 Å². The SMILES string of the molecule is O=C(O)c1cnn2c(C(F)(F)F)c(Br)cnc12. The summed E-state index contributed by atoms with van der Waals surface area (Å²) in [6.45, 7) is 0. The van der Waals surface area contributed by atoms with E-state index < -0.39 is 17.8 Å². The first-order chi connectivity index (χ1) is 7.82. The van der Waals surface area contributed by atoms with E-state index in [-0.39, 0.29) is 15.7 Å². The van der Waals surface area contributed by atoms with E-state index in [1.54, 1.807) is 0 Å². The molecule has 5 nitrogen and oxygen atoms in total. The van der Waals surface area contributed by atoms with Gasteiger partial charge in [0.2, 0.25) is 0 Å². The van der Waals surface area contributed by atoms with Crippen molar-refractivity contribution in [2.24, 2.45) is 0 Å². The zero-order valence-electron chi connectivity index (χ0n) is 7.86. The highest BCUT2D eigenvalue weighted by Gasteiger charge is 2.37. The second-order valence-corrected chi connectivity index (χ2v) is 3.91. The van der Waals surface area contributed by atoms with Gasteiger partial charge in [-0.15, -0.1) is 0 Å². The molecular weight excluding hydrogens is 307 g/mol. The van der Waals surface area contributed by atoms with Crippen molar-refractivity contribution in [3.05, 3.63) is 28.1 Å². The van der Waals surface area contributed by atoms with Crippen LogP contribution in [0.15, 0.2) is 16.9 Å². The van der Waals surface area contributed by atoms with Crippen molar-refractivity contribution in [3.8, 4) is 0 Å². The van der Waals surface area contributed by atoms with E-state index in [9.17, 15) is 18.0 Å². The van der Waals surface area contributed by atoms with Gasteiger partial charge in [-0.1, -0.05) is 0 Å². The number of carboxylic acid groups (broad SMARTS) is 1. The average Bonchev–Trinajstić information content (AvgIpc) is 2.58. The van der Waals surface area contributed by atoms with Crippen LogP contribution >= 0.6 is 15.9 Å². The van der Waals surface area contributed by atoms with E-state index in [0.717, 1.165) is 12.4 Å². The van der Waals surface area contributed by atoms with Crippen LogP contribution in [-0.4, -0.2) is 25.7 Å². The topological polar surface area (TPSA) is 67.5 Å². The first-order valence-electron chi connectivity index (χ1n) is 4.15. The van der Waals surface area contributed by atoms with Gasteiger partial charge in [-0.3, -0.25) is 0 Å². The van der Waals surface area contributed by atoms with Crippen molar-refractivity contribution >= 4 is 27.5 Å². The summed E-state index contributed by atoms with van der Waals surface area (Å²) in [6.07, 6.45) is -2.94. The van der Waals surface area contributed by atoms with Gasteiger partial charge in [0.05, 0.1) is 10.7 Å². The van der Waals surface area contributed by atoms with E-state index in [1.165, 1.54) is 0 Å². The zero-order valence-corrected chi connectivity index (χ0v) is 9.45. The van der Waals surface area contributed by atoms with E-state index in [0.29, 0.717) is 4.52 Å². The first kappa shape index (κ1) is 11.8. The number of halogens is 4. The van der Waals surface area contributed by atoms with Crippen molar-refractivity contribution in [1.29, 1.82) is 0 Å². The summed E-state index contributed by atoms with van der Waals surface area (Å²) >= 11 is 2.71. The highest BCUT2D eigenvalue weighted by atomic mass is 79.9. The van der Waals surface area contributed by atoms with E-state index in [1.807, 2.05) is 0 Å². The summed E-state index contributed by atoms with van der Waals surface area (Å²) in [7, 11) is 0. The van der Waals surface area contributed by atoms with E-state index in [2.05, 4.69) is 26.0 Å². The number of nitrogens with zero attached hydrogens (tertiary/aromatic N) is 3. The Morgan fingerprint density at radius 1 is 1.41 bits per heavy atom. The largest absolute Gasteiger partial charge is 0.477 e. The lowest BCUT2D eigenvalue weighted by atomic mass is 10.3. The third kappa shape index (κ3) is 1.86. The Morgan fingerprint density at radius 2 is 2.06 bits per heavy atom. The van der Waals surface area contributed by atoms with Gasteiger partial charge in [0, 0.05) is 6.20 Å². The summed E-state index contributed by atoms with van der Waals surface area (Å²) in [5.41, 5.74) is -1.84. The molecule has 0 atom stereocenters. The Bertz CT molecular complexity index is 608. The minimum absolute atomic E-state index is 0.308. The smallest absolute Gasteiger partial charge is 0.434 e. The Kier molecular flexibility index (Phi) is 2.57. The Balaban J connectivity index is 2.84. The second kappa shape index (κ2) is 3.69. The van der Waals surface area contributed by atoms with Gasteiger partial charge >= 0.3 is 12.1 Å². The van der Waals surface area contributed by atoms with Gasteiger partial charge in [-0.25, -0.2) is 14.3 Å². The number of carbonyl (C=O) groups is 1. The molecule has 2 rings (SSSR count). The van der Waals surface area contributed by atoms with Gasteiger partial charge < -0.3 is 5.11 Å². The Hall–Kier alpha value is -1.64. The highest BCUT2D eigenvalue weighted by molar-refractivity contribution is 9.10. The van der Waals surface area contributed by atoms with E-state index >= 15 is 0 Å². The minimum Gasteiger partial charge on any atom is -0.477 e. The van der Waals surface area contributed by atoms with Crippen LogP contribution in [0.5, 0.6) is 0 Å². The molecule has 0 aliphatic heterocycles. The fourth-order valence-corrected chi connectivity index (χ4v) is 1.81. The van der Waals surface area contributed by atoms with Crippen LogP contribution < -0.4 is 0 Å². The van der Waals surface area contributed by atoms with Crippen LogP contribution in [-0.2, 0) is 6.18 Å². The van der Waals surface area contributed by atoms with Crippen LogP contribution in [0.3, 0.4) is 0 Å². The number of alkyl halides is 3. The van der Waals surface area contributed by atoms with Gasteiger partial charge in [0.15, 0.2) is 11.3 Å². The van der Waals surface area contributed by atoms with Crippen molar-refractivity contribution in [1.82, 2.24) is 14.6 Å². The summed E-state index contributed by atoms with van der Waals surface area (Å²) in [5, 5.41) is 12.1. The molecule has 90 valence electrons. The molecule has 0 aromatic carbocycles. The van der Waals surface area contributed by atoms with Crippen LogP contribution in [0.4, 0.5) is 13.2 Å². The summed E-state index contributed by atoms with van der Waals surface area (Å²) in [4.78, 5) is 14.3. The summed E-state index contributed by atoms with van der Waals surface area (Å²) in [5.74, 6) is -1.39. The maximum atomic E-state index is 12.7. The van der Waals surface area contributed by atoms with Gasteiger partial charge in [0.25, 0.3) is 0 Å². The normalized spacial score (nSPS) is 12.0. The molecule has 2 aromatic rings. The maximum absolute atomic E-state index is 12.7. The molecule has 1 N–H and O–H groups in total. The fraction of sp³-hybridized carbons (Fsp3) is 0.125. The third-order valence-electron chi connectivity index (χ3n) is 1.98. The quantitative estimate of drug-likeness (QED) is 0.877. The number of aromatic nitrogens is 3. The molecule has 0 amide bonds. The number of rotatable bonds is 1. The lowest BCUT2D eigenvalue weighted by molar-refractivity contribution is -0.143. The lowest BCUT2D eigenvalue weighted by Gasteiger charge is -2.10. The minimum atomic E-state index is -4.66. The average molecular weight is 310 g/mol. The predicted octanol–water partition coefficient (Wildman–Crippen LogP) is 2.21. The molecule has 0 fully saturated rings. The highest BCUT2D eigenvalue weighted by Crippen LogP contribution is 2.34. The molecule has 0 saturated carbocycles. The molecular formula is C8H3BrF3N3O2. The molecule has 0 unspecified atom stereocenters. The molecule has 0 aliphatic rings. The van der Waals surface area contributed by atoms with Crippen LogP contribution in [0.2, 0.25) is 0 Å². The number of hydrogen-bond donors (Lipinski definition) is 1. The summed E-state index contributed by atoms with van der Waals surface area (Å²) in [6, 6.07) is 0. The van der Waals surface area contributed by atoms with Crippen LogP contribution in [0.25, 0.3) is 5.65 Å². The maximum Gasteiger partial charge on any atom is 0.434 e. The molecule has 0 bridgehead atoms. The number of carboxylic acids is 1. The molecule has 9 heteroatoms. The van der Waals surface area contributed by atoms with Crippen molar-refractivity contribution in [2.75, 3.05) is 0 Å². The fourth-order valence-electron chi connectivity index (χ4n) is 1.32. The van der Waals surface area contributed by atoms with Crippen molar-refractivity contribution in [3.63, 3.8) is 0 Å². The molecule has 2 heterocycles. The Morgan fingerprint density at radius 3 is 2.59 bits per heavy atom. The van der Waals surface area contributed by atoms with Gasteiger partial charge in [0.1, 0.15) is 5.56 Å². The van der Waals surface area contributed by atoms with E-state index in [4.69, 9.17) is 5.11 Å². The molecule has 0 saturated heterocycles. The van der Waals surface area contributed by atoms with Crippen LogP contribution in [0.1, 0.15) is 16.1 Å². The molecule has 2 aromatic heterocycles. The van der Waals surface area contributed by atoms with Gasteiger partial charge in [-0.2, -0.15) is 18.3 Å². The molecule has 0 spiro atoms. The molecule has 0 aliphatic carbocycles. The monoisotopic (exact) mass is 309 g/mol. The summed E-state index contributed by atoms with van der Waals surface area (Å²) < 4.78 is 38.3. The molecule has 17 heavy (non-hydrogen) atoms. The predicted molar refractivity (Wildman–Crippen MR) is 52.6 cm³/mol. The number of fused-ring (bicyclic) bond motifs is 1. The van der Waals surface area contributed by atoms with Gasteiger partial charge in [-0.05, 0) is 15.9 Å². The van der Waals surface area contributed by atoms with Crippen LogP contribution in [0, 0.1) is 0 Å². The van der Waals surface area contributed by atoms with Crippen molar-refractivity contribution < 1.29 is 23.1 Å². The lowest BCUT2D eigenvalue weighted by Crippen LogP contribution is -2.14. The molecule has 0 radical (unpaired) electrons. The Labute approximate surface area is 100 Å². The second-order valence-electron chi connectivity index (χ2n) is 3.05. The first-order valence-corrected chi connectivity index (χ1v) is 4.94. The zero-order chi connectivity index (χ0) is 12.8. The number of hydrogen-bond acceptors (Lipinski definition) is 3. The number of aromatic carboxylic acids is 1.